The molecular formula is C17H21N3O2S. The van der Waals surface area contributed by atoms with Gasteiger partial charge in [-0.1, -0.05) is 12.1 Å². The summed E-state index contributed by atoms with van der Waals surface area (Å²) in [5, 5.41) is 5.08. The quantitative estimate of drug-likeness (QED) is 0.913. The van der Waals surface area contributed by atoms with Gasteiger partial charge in [-0.25, -0.2) is 8.42 Å². The molecule has 3 aliphatic rings. The maximum absolute atomic E-state index is 13.4. The topological polar surface area (TPSA) is 62.3 Å². The van der Waals surface area contributed by atoms with Crippen molar-refractivity contribution in [2.24, 2.45) is 5.92 Å². The van der Waals surface area contributed by atoms with Gasteiger partial charge in [0.2, 0.25) is 10.0 Å². The molecule has 2 atom stereocenters. The van der Waals surface area contributed by atoms with Crippen LogP contribution in [0.1, 0.15) is 18.4 Å². The Morgan fingerprint density at radius 1 is 1.22 bits per heavy atom. The van der Waals surface area contributed by atoms with Gasteiger partial charge in [-0.15, -0.1) is 0 Å². The van der Waals surface area contributed by atoms with Crippen molar-refractivity contribution in [1.29, 1.82) is 0 Å². The number of rotatable bonds is 2. The van der Waals surface area contributed by atoms with Crippen LogP contribution in [0.2, 0.25) is 0 Å². The van der Waals surface area contributed by atoms with Crippen LogP contribution < -0.4 is 5.32 Å². The third-order valence-electron chi connectivity index (χ3n) is 5.09. The first-order valence-corrected chi connectivity index (χ1v) is 9.57. The number of aryl methyl sites for hydroxylation is 1. The smallest absolute Gasteiger partial charge is 0.244 e. The zero-order chi connectivity index (χ0) is 16.0. The number of benzene rings is 1. The van der Waals surface area contributed by atoms with Crippen LogP contribution in [-0.4, -0.2) is 43.4 Å². The molecule has 2 unspecified atom stereocenters. The fourth-order valence-electron chi connectivity index (χ4n) is 3.90. The van der Waals surface area contributed by atoms with Gasteiger partial charge in [0, 0.05) is 42.3 Å². The number of fused-ring (bicyclic) bond motifs is 5. The fraction of sp³-hybridized carbons (Fsp3) is 0.471. The molecule has 6 heteroatoms. The number of nitrogens with zero attached hydrogens (tertiary/aromatic N) is 2. The zero-order valence-electron chi connectivity index (χ0n) is 13.2. The molecule has 1 aromatic carbocycles. The van der Waals surface area contributed by atoms with E-state index in [9.17, 15) is 8.42 Å². The van der Waals surface area contributed by atoms with E-state index in [1.54, 1.807) is 22.8 Å². The lowest BCUT2D eigenvalue weighted by atomic mass is 9.97. The Morgan fingerprint density at radius 3 is 2.96 bits per heavy atom. The first-order chi connectivity index (χ1) is 11.1. The first kappa shape index (κ1) is 15.1. The van der Waals surface area contributed by atoms with E-state index in [1.165, 1.54) is 0 Å². The average molecular weight is 331 g/mol. The summed E-state index contributed by atoms with van der Waals surface area (Å²) >= 11 is 0. The van der Waals surface area contributed by atoms with Crippen molar-refractivity contribution in [3.63, 3.8) is 0 Å². The SMILES string of the molecule is Cc1cncc2cccc(S(=O)(=O)N3CC4CCC3CNC4)c12. The summed E-state index contributed by atoms with van der Waals surface area (Å²) in [4.78, 5) is 4.60. The number of sulfonamides is 1. The number of hydrogen-bond acceptors (Lipinski definition) is 4. The summed E-state index contributed by atoms with van der Waals surface area (Å²) < 4.78 is 28.5. The molecule has 1 aromatic heterocycles. The van der Waals surface area contributed by atoms with E-state index in [1.807, 2.05) is 19.1 Å². The summed E-state index contributed by atoms with van der Waals surface area (Å²) in [6.07, 6.45) is 5.53. The number of nitrogens with one attached hydrogen (secondary N) is 1. The summed E-state index contributed by atoms with van der Waals surface area (Å²) in [7, 11) is -3.50. The highest BCUT2D eigenvalue weighted by Crippen LogP contribution is 2.33. The van der Waals surface area contributed by atoms with Crippen LogP contribution in [0.25, 0.3) is 10.8 Å². The van der Waals surface area contributed by atoms with Gasteiger partial charge in [0.15, 0.2) is 0 Å². The maximum atomic E-state index is 13.4. The van der Waals surface area contributed by atoms with E-state index in [0.29, 0.717) is 17.4 Å². The normalized spacial score (nSPS) is 25.6. The van der Waals surface area contributed by atoms with Crippen molar-refractivity contribution in [2.75, 3.05) is 19.6 Å². The molecule has 122 valence electrons. The van der Waals surface area contributed by atoms with Crippen molar-refractivity contribution in [3.05, 3.63) is 36.2 Å². The number of piperidine rings is 1. The predicted octanol–water partition coefficient (Wildman–Crippen LogP) is 1.92. The van der Waals surface area contributed by atoms with E-state index in [0.717, 1.165) is 42.3 Å². The largest absolute Gasteiger partial charge is 0.315 e. The highest BCUT2D eigenvalue weighted by Gasteiger charge is 2.39. The maximum Gasteiger partial charge on any atom is 0.244 e. The summed E-state index contributed by atoms with van der Waals surface area (Å²) in [6, 6.07) is 5.53. The van der Waals surface area contributed by atoms with Crippen LogP contribution in [0.15, 0.2) is 35.5 Å². The van der Waals surface area contributed by atoms with Gasteiger partial charge in [-0.3, -0.25) is 4.98 Å². The third-order valence-corrected chi connectivity index (χ3v) is 7.05. The van der Waals surface area contributed by atoms with E-state index in [2.05, 4.69) is 10.3 Å². The van der Waals surface area contributed by atoms with Crippen LogP contribution >= 0.6 is 0 Å². The Morgan fingerprint density at radius 2 is 2.09 bits per heavy atom. The molecule has 0 saturated carbocycles. The Bertz CT molecular complexity index is 841. The fourth-order valence-corrected chi connectivity index (χ4v) is 5.92. The molecule has 0 amide bonds. The van der Waals surface area contributed by atoms with Gasteiger partial charge in [0.25, 0.3) is 0 Å². The molecule has 0 aliphatic carbocycles. The van der Waals surface area contributed by atoms with Crippen LogP contribution in [0.5, 0.6) is 0 Å². The van der Waals surface area contributed by atoms with Crippen LogP contribution in [0.3, 0.4) is 0 Å². The summed E-state index contributed by atoms with van der Waals surface area (Å²) in [5.41, 5.74) is 0.903. The number of aromatic nitrogens is 1. The molecule has 5 nitrogen and oxygen atoms in total. The lowest BCUT2D eigenvalue weighted by molar-refractivity contribution is 0.230. The van der Waals surface area contributed by atoms with E-state index in [-0.39, 0.29) is 6.04 Å². The van der Waals surface area contributed by atoms with Crippen molar-refractivity contribution >= 4 is 20.8 Å². The Hall–Kier alpha value is -1.50. The Kier molecular flexibility index (Phi) is 3.63. The van der Waals surface area contributed by atoms with Gasteiger partial charge < -0.3 is 5.32 Å². The second kappa shape index (κ2) is 5.54. The Labute approximate surface area is 136 Å². The molecule has 0 radical (unpaired) electrons. The summed E-state index contributed by atoms with van der Waals surface area (Å²) in [6.45, 7) is 4.22. The van der Waals surface area contributed by atoms with Gasteiger partial charge in [-0.2, -0.15) is 4.31 Å². The number of pyridine rings is 1. The molecule has 4 heterocycles. The monoisotopic (exact) mass is 331 g/mol. The predicted molar refractivity (Wildman–Crippen MR) is 89.8 cm³/mol. The molecule has 2 bridgehead atoms. The Balaban J connectivity index is 1.87. The molecule has 1 N–H and O–H groups in total. The molecule has 3 fully saturated rings. The molecule has 23 heavy (non-hydrogen) atoms. The zero-order valence-corrected chi connectivity index (χ0v) is 14.0. The van der Waals surface area contributed by atoms with E-state index < -0.39 is 10.0 Å². The molecule has 3 saturated heterocycles. The highest BCUT2D eigenvalue weighted by molar-refractivity contribution is 7.89. The highest BCUT2D eigenvalue weighted by atomic mass is 32.2. The van der Waals surface area contributed by atoms with Crippen molar-refractivity contribution in [1.82, 2.24) is 14.6 Å². The van der Waals surface area contributed by atoms with Crippen molar-refractivity contribution in [3.8, 4) is 0 Å². The minimum Gasteiger partial charge on any atom is -0.315 e. The summed E-state index contributed by atoms with van der Waals surface area (Å²) in [5.74, 6) is 0.418. The number of hydrogen-bond donors (Lipinski definition) is 1. The van der Waals surface area contributed by atoms with Crippen LogP contribution in [0.4, 0.5) is 0 Å². The van der Waals surface area contributed by atoms with Gasteiger partial charge in [-0.05, 0) is 43.9 Å². The molecule has 2 aromatic rings. The lowest BCUT2D eigenvalue weighted by Crippen LogP contribution is -2.47. The van der Waals surface area contributed by atoms with Gasteiger partial charge in [0.05, 0.1) is 4.90 Å². The van der Waals surface area contributed by atoms with E-state index in [4.69, 9.17) is 0 Å². The minimum absolute atomic E-state index is 0.0659. The van der Waals surface area contributed by atoms with Gasteiger partial charge >= 0.3 is 0 Å². The van der Waals surface area contributed by atoms with Crippen LogP contribution in [-0.2, 0) is 10.0 Å². The standard InChI is InChI=1S/C17H21N3O2S/c1-12-7-18-9-14-3-2-4-16(17(12)14)23(21,22)20-11-13-5-6-15(20)10-19-8-13/h2-4,7,9,13,15,19H,5-6,8,10-11H2,1H3. The third kappa shape index (κ3) is 2.45. The second-order valence-electron chi connectivity index (χ2n) is 6.64. The van der Waals surface area contributed by atoms with E-state index >= 15 is 0 Å². The van der Waals surface area contributed by atoms with Gasteiger partial charge in [0.1, 0.15) is 0 Å². The molecule has 0 spiro atoms. The van der Waals surface area contributed by atoms with Crippen molar-refractivity contribution < 1.29 is 8.42 Å². The van der Waals surface area contributed by atoms with Crippen LogP contribution in [0, 0.1) is 12.8 Å². The first-order valence-electron chi connectivity index (χ1n) is 8.13. The molecule has 5 rings (SSSR count). The molecular weight excluding hydrogens is 310 g/mol. The van der Waals surface area contributed by atoms with Crippen molar-refractivity contribution in [2.45, 2.75) is 30.7 Å². The second-order valence-corrected chi connectivity index (χ2v) is 8.50. The molecule has 3 aliphatic heterocycles. The minimum atomic E-state index is -3.50. The lowest BCUT2D eigenvalue weighted by Gasteiger charge is -2.35. The average Bonchev–Trinajstić information content (AvgIpc) is 2.90.